The molecule has 0 saturated carbocycles. The van der Waals surface area contributed by atoms with Crippen molar-refractivity contribution in [3.63, 3.8) is 0 Å². The summed E-state index contributed by atoms with van der Waals surface area (Å²) in [6, 6.07) is 9.89. The lowest BCUT2D eigenvalue weighted by atomic mass is 10.2. The van der Waals surface area contributed by atoms with Crippen LogP contribution in [0.5, 0.6) is 0 Å². The van der Waals surface area contributed by atoms with Gasteiger partial charge in [0.05, 0.1) is 19.1 Å². The third kappa shape index (κ3) is 5.32. The molecule has 0 fully saturated rings. The molecule has 0 radical (unpaired) electrons. The molecule has 3 nitrogen and oxygen atoms in total. The normalized spacial score (nSPS) is 12.8. The van der Waals surface area contributed by atoms with Crippen molar-refractivity contribution in [3.8, 4) is 0 Å². The smallest absolute Gasteiger partial charge is 0.305 e. The molecule has 16 heavy (non-hydrogen) atoms. The summed E-state index contributed by atoms with van der Waals surface area (Å²) >= 11 is 0. The number of carboxylic acids is 1. The van der Waals surface area contributed by atoms with E-state index in [-0.39, 0.29) is 12.5 Å². The average molecular weight is 220 g/mol. The van der Waals surface area contributed by atoms with Crippen LogP contribution < -0.4 is 0 Å². The van der Waals surface area contributed by atoms with Gasteiger partial charge < -0.3 is 9.84 Å². The first-order valence-corrected chi connectivity index (χ1v) is 5.23. The van der Waals surface area contributed by atoms with E-state index in [1.165, 1.54) is 0 Å². The molecule has 0 aliphatic heterocycles. The van der Waals surface area contributed by atoms with Gasteiger partial charge in [0.1, 0.15) is 0 Å². The van der Waals surface area contributed by atoms with E-state index < -0.39 is 5.97 Å². The molecule has 1 atom stereocenters. The van der Waals surface area contributed by atoms with Gasteiger partial charge in [0, 0.05) is 0 Å². The van der Waals surface area contributed by atoms with Gasteiger partial charge in [0.25, 0.3) is 0 Å². The molecule has 1 unspecified atom stereocenters. The molecule has 3 heteroatoms. The summed E-state index contributed by atoms with van der Waals surface area (Å²) in [5, 5.41) is 8.52. The van der Waals surface area contributed by atoms with Gasteiger partial charge >= 0.3 is 5.97 Å². The van der Waals surface area contributed by atoms with E-state index in [0.717, 1.165) is 5.56 Å². The molecule has 1 rings (SSSR count). The third-order valence-electron chi connectivity index (χ3n) is 2.05. The van der Waals surface area contributed by atoms with E-state index in [9.17, 15) is 4.79 Å². The Balaban J connectivity index is 2.25. The van der Waals surface area contributed by atoms with Gasteiger partial charge in [-0.2, -0.15) is 0 Å². The second kappa shape index (κ2) is 6.80. The number of hydrogen-bond donors (Lipinski definition) is 1. The van der Waals surface area contributed by atoms with Gasteiger partial charge in [-0.1, -0.05) is 42.5 Å². The fourth-order valence-corrected chi connectivity index (χ4v) is 1.27. The Kier molecular flexibility index (Phi) is 5.29. The Hall–Kier alpha value is -1.61. The van der Waals surface area contributed by atoms with Crippen molar-refractivity contribution < 1.29 is 14.6 Å². The Bertz CT molecular complexity index is 343. The summed E-state index contributed by atoms with van der Waals surface area (Å²) in [4.78, 5) is 10.4. The molecule has 1 aromatic carbocycles. The Morgan fingerprint density at radius 3 is 2.75 bits per heavy atom. The molecule has 0 heterocycles. The van der Waals surface area contributed by atoms with E-state index in [0.29, 0.717) is 6.61 Å². The van der Waals surface area contributed by atoms with Gasteiger partial charge in [-0.05, 0) is 12.5 Å². The Morgan fingerprint density at radius 1 is 1.44 bits per heavy atom. The zero-order valence-corrected chi connectivity index (χ0v) is 9.30. The Morgan fingerprint density at radius 2 is 2.12 bits per heavy atom. The molecule has 1 N–H and O–H groups in total. The molecule has 0 aromatic heterocycles. The van der Waals surface area contributed by atoms with Crippen LogP contribution in [-0.4, -0.2) is 23.8 Å². The molecular formula is C13H16O3. The number of ether oxygens (including phenoxy) is 1. The minimum atomic E-state index is -0.834. The third-order valence-corrected chi connectivity index (χ3v) is 2.05. The number of carbonyl (C=O) groups is 1. The fourth-order valence-electron chi connectivity index (χ4n) is 1.27. The van der Waals surface area contributed by atoms with Crippen molar-refractivity contribution in [1.82, 2.24) is 0 Å². The zero-order chi connectivity index (χ0) is 11.8. The summed E-state index contributed by atoms with van der Waals surface area (Å²) in [7, 11) is 0. The average Bonchev–Trinajstić information content (AvgIpc) is 2.25. The lowest BCUT2D eigenvalue weighted by Gasteiger charge is -2.07. The maximum atomic E-state index is 10.4. The van der Waals surface area contributed by atoms with Gasteiger partial charge in [0.2, 0.25) is 0 Å². The van der Waals surface area contributed by atoms with Crippen LogP contribution in [0.4, 0.5) is 0 Å². The summed E-state index contributed by atoms with van der Waals surface area (Å²) in [5.41, 5.74) is 1.11. The number of aliphatic carboxylic acids is 1. The topological polar surface area (TPSA) is 46.5 Å². The summed E-state index contributed by atoms with van der Waals surface area (Å²) in [5.74, 6) is -0.834. The first kappa shape index (κ1) is 12.5. The van der Waals surface area contributed by atoms with Crippen molar-refractivity contribution in [2.24, 2.45) is 0 Å². The first-order valence-electron chi connectivity index (χ1n) is 5.23. The molecule has 0 aliphatic rings. The SMILES string of the molecule is CC(CC(=O)O)OC/C=C/c1ccccc1. The fraction of sp³-hybridized carbons (Fsp3) is 0.308. The number of benzene rings is 1. The van der Waals surface area contributed by atoms with Crippen LogP contribution in [0.15, 0.2) is 36.4 Å². The van der Waals surface area contributed by atoms with Gasteiger partial charge in [0.15, 0.2) is 0 Å². The quantitative estimate of drug-likeness (QED) is 0.801. The largest absolute Gasteiger partial charge is 0.481 e. The van der Waals surface area contributed by atoms with E-state index >= 15 is 0 Å². The molecule has 0 spiro atoms. The van der Waals surface area contributed by atoms with Crippen molar-refractivity contribution in [3.05, 3.63) is 42.0 Å². The van der Waals surface area contributed by atoms with Crippen LogP contribution in [0.3, 0.4) is 0 Å². The molecule has 0 saturated heterocycles. The predicted molar refractivity (Wildman–Crippen MR) is 63.1 cm³/mol. The lowest BCUT2D eigenvalue weighted by Crippen LogP contribution is -2.13. The van der Waals surface area contributed by atoms with Crippen LogP contribution in [0, 0.1) is 0 Å². The van der Waals surface area contributed by atoms with Crippen LogP contribution in [-0.2, 0) is 9.53 Å². The highest BCUT2D eigenvalue weighted by Crippen LogP contribution is 2.02. The van der Waals surface area contributed by atoms with Crippen molar-refractivity contribution in [1.29, 1.82) is 0 Å². The van der Waals surface area contributed by atoms with Crippen LogP contribution in [0.2, 0.25) is 0 Å². The summed E-state index contributed by atoms with van der Waals surface area (Å²) < 4.78 is 5.31. The molecule has 0 aliphatic carbocycles. The highest BCUT2D eigenvalue weighted by molar-refractivity contribution is 5.67. The standard InChI is InChI=1S/C13H16O3/c1-11(10-13(14)15)16-9-5-8-12-6-3-2-4-7-12/h2-8,11H,9-10H2,1H3,(H,14,15)/b8-5+. The molecular weight excluding hydrogens is 204 g/mol. The van der Waals surface area contributed by atoms with Gasteiger partial charge in [-0.15, -0.1) is 0 Å². The second-order valence-corrected chi connectivity index (χ2v) is 3.55. The maximum absolute atomic E-state index is 10.4. The Labute approximate surface area is 95.4 Å². The van der Waals surface area contributed by atoms with Crippen molar-refractivity contribution in [2.45, 2.75) is 19.4 Å². The van der Waals surface area contributed by atoms with Crippen LogP contribution in [0.25, 0.3) is 6.08 Å². The molecule has 0 amide bonds. The van der Waals surface area contributed by atoms with E-state index in [4.69, 9.17) is 9.84 Å². The zero-order valence-electron chi connectivity index (χ0n) is 9.30. The molecule has 1 aromatic rings. The number of carboxylic acid groups (broad SMARTS) is 1. The summed E-state index contributed by atoms with van der Waals surface area (Å²) in [6.07, 6.45) is 3.62. The minimum Gasteiger partial charge on any atom is -0.481 e. The van der Waals surface area contributed by atoms with Crippen LogP contribution >= 0.6 is 0 Å². The minimum absolute atomic E-state index is 0.0409. The lowest BCUT2D eigenvalue weighted by molar-refractivity contribution is -0.139. The van der Waals surface area contributed by atoms with Gasteiger partial charge in [-0.3, -0.25) is 4.79 Å². The monoisotopic (exact) mass is 220 g/mol. The highest BCUT2D eigenvalue weighted by Gasteiger charge is 2.05. The molecule has 0 bridgehead atoms. The maximum Gasteiger partial charge on any atom is 0.305 e. The number of rotatable bonds is 6. The summed E-state index contributed by atoms with van der Waals surface area (Å²) in [6.45, 7) is 2.19. The van der Waals surface area contributed by atoms with E-state index in [1.807, 2.05) is 42.5 Å². The molecule has 86 valence electrons. The van der Waals surface area contributed by atoms with Crippen molar-refractivity contribution >= 4 is 12.0 Å². The van der Waals surface area contributed by atoms with Crippen molar-refractivity contribution in [2.75, 3.05) is 6.61 Å². The first-order chi connectivity index (χ1) is 7.68. The highest BCUT2D eigenvalue weighted by atomic mass is 16.5. The van der Waals surface area contributed by atoms with E-state index in [2.05, 4.69) is 0 Å². The van der Waals surface area contributed by atoms with Gasteiger partial charge in [-0.25, -0.2) is 0 Å². The second-order valence-electron chi connectivity index (χ2n) is 3.55. The number of hydrogen-bond acceptors (Lipinski definition) is 2. The van der Waals surface area contributed by atoms with E-state index in [1.54, 1.807) is 6.92 Å². The predicted octanol–water partition coefficient (Wildman–Crippen LogP) is 2.58. The van der Waals surface area contributed by atoms with Crippen LogP contribution in [0.1, 0.15) is 18.9 Å².